The van der Waals surface area contributed by atoms with Gasteiger partial charge in [-0.15, -0.1) is 0 Å². The normalized spacial score (nSPS) is 14.4. The first-order valence-corrected chi connectivity index (χ1v) is 8.91. The number of ether oxygens (including phenoxy) is 1. The monoisotopic (exact) mass is 382 g/mol. The zero-order valence-corrected chi connectivity index (χ0v) is 15.8. The van der Waals surface area contributed by atoms with Crippen molar-refractivity contribution in [1.29, 1.82) is 0 Å². The van der Waals surface area contributed by atoms with Gasteiger partial charge in [0.1, 0.15) is 5.69 Å². The molecule has 146 valence electrons. The number of methoxy groups -OCH3 is 1. The van der Waals surface area contributed by atoms with Crippen molar-refractivity contribution in [1.82, 2.24) is 14.8 Å². The van der Waals surface area contributed by atoms with E-state index in [0.717, 1.165) is 13.1 Å². The van der Waals surface area contributed by atoms with Crippen LogP contribution in [-0.2, 0) is 4.74 Å². The van der Waals surface area contributed by atoms with Crippen LogP contribution in [0.5, 0.6) is 0 Å². The molecule has 3 rings (SSSR count). The van der Waals surface area contributed by atoms with Crippen molar-refractivity contribution in [3.05, 3.63) is 59.4 Å². The molecule has 1 aromatic carbocycles. The molecule has 0 unspecified atom stereocenters. The summed E-state index contributed by atoms with van der Waals surface area (Å²) in [7, 11) is 3.31. The second kappa shape index (κ2) is 8.62. The van der Waals surface area contributed by atoms with Crippen molar-refractivity contribution < 1.29 is 19.1 Å². The summed E-state index contributed by atoms with van der Waals surface area (Å²) in [6.45, 7) is 2.88. The fourth-order valence-corrected chi connectivity index (χ4v) is 2.91. The number of likely N-dealkylation sites (N-methyl/N-ethyl adjacent to an activating group) is 1. The molecule has 2 aromatic rings. The number of pyridine rings is 1. The minimum Gasteiger partial charge on any atom is -0.465 e. The third-order valence-electron chi connectivity index (χ3n) is 4.57. The Kier molecular flexibility index (Phi) is 6.00. The van der Waals surface area contributed by atoms with Crippen molar-refractivity contribution in [3.8, 4) is 0 Å². The van der Waals surface area contributed by atoms with Gasteiger partial charge >= 0.3 is 5.97 Å². The van der Waals surface area contributed by atoms with Gasteiger partial charge < -0.3 is 19.9 Å². The number of hydrogen-bond acceptors (Lipinski definition) is 6. The van der Waals surface area contributed by atoms with Crippen LogP contribution in [0.3, 0.4) is 0 Å². The van der Waals surface area contributed by atoms with Crippen LogP contribution >= 0.6 is 0 Å². The number of piperazine rings is 1. The van der Waals surface area contributed by atoms with E-state index in [-0.39, 0.29) is 11.6 Å². The van der Waals surface area contributed by atoms with Gasteiger partial charge in [0.2, 0.25) is 0 Å². The number of aromatic nitrogens is 1. The summed E-state index contributed by atoms with van der Waals surface area (Å²) in [6, 6.07) is 9.47. The van der Waals surface area contributed by atoms with E-state index in [1.165, 1.54) is 25.4 Å². The Hall–Kier alpha value is -3.26. The van der Waals surface area contributed by atoms with Gasteiger partial charge in [0.05, 0.1) is 12.7 Å². The highest BCUT2D eigenvalue weighted by atomic mass is 16.5. The predicted molar refractivity (Wildman–Crippen MR) is 103 cm³/mol. The molecule has 2 heterocycles. The molecular weight excluding hydrogens is 360 g/mol. The maximum absolute atomic E-state index is 12.7. The van der Waals surface area contributed by atoms with Crippen molar-refractivity contribution in [2.75, 3.05) is 45.7 Å². The molecule has 1 fully saturated rings. The molecule has 0 saturated carbocycles. The fraction of sp³-hybridized carbons (Fsp3) is 0.300. The van der Waals surface area contributed by atoms with Gasteiger partial charge in [0.15, 0.2) is 0 Å². The maximum atomic E-state index is 12.7. The molecule has 0 atom stereocenters. The van der Waals surface area contributed by atoms with Crippen LogP contribution in [0.4, 0.5) is 5.69 Å². The second-order valence-electron chi connectivity index (χ2n) is 6.55. The lowest BCUT2D eigenvalue weighted by atomic mass is 10.1. The first kappa shape index (κ1) is 19.5. The molecule has 0 radical (unpaired) electrons. The average molecular weight is 382 g/mol. The number of anilines is 1. The Morgan fingerprint density at radius 3 is 2.50 bits per heavy atom. The summed E-state index contributed by atoms with van der Waals surface area (Å²) >= 11 is 0. The number of carbonyl (C=O) groups excluding carboxylic acids is 3. The van der Waals surface area contributed by atoms with Crippen molar-refractivity contribution in [3.63, 3.8) is 0 Å². The predicted octanol–water partition coefficient (Wildman–Crippen LogP) is 1.51. The molecule has 0 spiro atoms. The molecule has 1 saturated heterocycles. The standard InChI is InChI=1S/C20H22N4O4/c1-23-8-10-24(11-9-23)19(26)17-13-14(6-7-21-17)18(25)22-16-5-3-4-15(12-16)20(27)28-2/h3-7,12-13H,8-11H2,1-2H3,(H,22,25). The van der Waals surface area contributed by atoms with Crippen LogP contribution in [0.1, 0.15) is 31.2 Å². The van der Waals surface area contributed by atoms with Crippen LogP contribution in [0.15, 0.2) is 42.6 Å². The van der Waals surface area contributed by atoms with E-state index in [0.29, 0.717) is 29.9 Å². The van der Waals surface area contributed by atoms with Crippen LogP contribution in [-0.4, -0.2) is 72.9 Å². The van der Waals surface area contributed by atoms with Crippen LogP contribution in [0, 0.1) is 0 Å². The van der Waals surface area contributed by atoms with E-state index in [1.807, 2.05) is 7.05 Å². The third-order valence-corrected chi connectivity index (χ3v) is 4.57. The van der Waals surface area contributed by atoms with Crippen molar-refractivity contribution in [2.45, 2.75) is 0 Å². The van der Waals surface area contributed by atoms with Crippen molar-refractivity contribution >= 4 is 23.5 Å². The molecule has 0 bridgehead atoms. The molecule has 28 heavy (non-hydrogen) atoms. The molecular formula is C20H22N4O4. The van der Waals surface area contributed by atoms with Gasteiger partial charge in [0.25, 0.3) is 11.8 Å². The molecule has 1 aliphatic rings. The van der Waals surface area contributed by atoms with Gasteiger partial charge in [-0.25, -0.2) is 4.79 Å². The Balaban J connectivity index is 1.72. The van der Waals surface area contributed by atoms with Gasteiger partial charge in [-0.1, -0.05) is 6.07 Å². The maximum Gasteiger partial charge on any atom is 0.337 e. The molecule has 8 nitrogen and oxygen atoms in total. The average Bonchev–Trinajstić information content (AvgIpc) is 2.73. The summed E-state index contributed by atoms with van der Waals surface area (Å²) in [4.78, 5) is 44.9. The summed E-state index contributed by atoms with van der Waals surface area (Å²) in [6.07, 6.45) is 1.45. The first-order chi connectivity index (χ1) is 13.5. The Morgan fingerprint density at radius 1 is 1.04 bits per heavy atom. The topological polar surface area (TPSA) is 91.8 Å². The Morgan fingerprint density at radius 2 is 1.79 bits per heavy atom. The number of hydrogen-bond donors (Lipinski definition) is 1. The zero-order valence-electron chi connectivity index (χ0n) is 15.8. The summed E-state index contributed by atoms with van der Waals surface area (Å²) in [5, 5.41) is 2.72. The van der Waals surface area contributed by atoms with E-state index in [1.54, 1.807) is 29.2 Å². The number of rotatable bonds is 4. The van der Waals surface area contributed by atoms with E-state index >= 15 is 0 Å². The number of amides is 2. The highest BCUT2D eigenvalue weighted by molar-refractivity contribution is 6.06. The Bertz CT molecular complexity index is 891. The largest absolute Gasteiger partial charge is 0.465 e. The van der Waals surface area contributed by atoms with Crippen molar-refractivity contribution in [2.24, 2.45) is 0 Å². The van der Waals surface area contributed by atoms with E-state index in [2.05, 4.69) is 19.9 Å². The van der Waals surface area contributed by atoms with Gasteiger partial charge in [0, 0.05) is 43.6 Å². The lowest BCUT2D eigenvalue weighted by Gasteiger charge is -2.32. The smallest absolute Gasteiger partial charge is 0.337 e. The van der Waals surface area contributed by atoms with E-state index in [4.69, 9.17) is 0 Å². The number of esters is 1. The number of carbonyl (C=O) groups is 3. The number of benzene rings is 1. The lowest BCUT2D eigenvalue weighted by molar-refractivity contribution is 0.0599. The van der Waals surface area contributed by atoms with Gasteiger partial charge in [-0.3, -0.25) is 14.6 Å². The van der Waals surface area contributed by atoms with Gasteiger partial charge in [-0.2, -0.15) is 0 Å². The second-order valence-corrected chi connectivity index (χ2v) is 6.55. The minimum absolute atomic E-state index is 0.185. The SMILES string of the molecule is COC(=O)c1cccc(NC(=O)c2ccnc(C(=O)N3CCN(C)CC3)c2)c1. The molecule has 0 aliphatic carbocycles. The summed E-state index contributed by atoms with van der Waals surface area (Å²) < 4.78 is 4.68. The number of nitrogens with one attached hydrogen (secondary N) is 1. The zero-order chi connectivity index (χ0) is 20.1. The van der Waals surface area contributed by atoms with Crippen LogP contribution in [0.2, 0.25) is 0 Å². The molecule has 8 heteroatoms. The van der Waals surface area contributed by atoms with E-state index < -0.39 is 11.9 Å². The highest BCUT2D eigenvalue weighted by Crippen LogP contribution is 2.14. The summed E-state index contributed by atoms with van der Waals surface area (Å²) in [5.41, 5.74) is 1.34. The first-order valence-electron chi connectivity index (χ1n) is 8.91. The minimum atomic E-state index is -0.486. The van der Waals surface area contributed by atoms with Gasteiger partial charge in [-0.05, 0) is 37.4 Å². The van der Waals surface area contributed by atoms with E-state index in [9.17, 15) is 14.4 Å². The molecule has 1 N–H and O–H groups in total. The molecule has 2 amide bonds. The quantitative estimate of drug-likeness (QED) is 0.806. The van der Waals surface area contributed by atoms with Crippen LogP contribution in [0.25, 0.3) is 0 Å². The Labute approximate surface area is 163 Å². The number of nitrogens with zero attached hydrogens (tertiary/aromatic N) is 3. The third kappa shape index (κ3) is 4.52. The lowest BCUT2D eigenvalue weighted by Crippen LogP contribution is -2.47. The molecule has 1 aliphatic heterocycles. The van der Waals surface area contributed by atoms with Crippen LogP contribution < -0.4 is 5.32 Å². The highest BCUT2D eigenvalue weighted by Gasteiger charge is 2.22. The fourth-order valence-electron chi connectivity index (χ4n) is 2.91. The molecule has 1 aromatic heterocycles. The summed E-state index contributed by atoms with van der Waals surface area (Å²) in [5.74, 6) is -1.06.